The molecule has 2 rings (SSSR count). The smallest absolute Gasteiger partial charge is 0.199 e. The summed E-state index contributed by atoms with van der Waals surface area (Å²) in [7, 11) is -3.24. The molecule has 1 aliphatic heterocycles. The molecule has 0 amide bonds. The number of hydrogen-bond acceptors (Lipinski definition) is 2. The molecule has 4 nitrogen and oxygen atoms in total. The van der Waals surface area contributed by atoms with Crippen molar-refractivity contribution in [3.63, 3.8) is 0 Å². The lowest BCUT2D eigenvalue weighted by Gasteiger charge is -2.32. The molecular formula is C11H21BrN2O2S. The number of alkyl halides is 1. The van der Waals surface area contributed by atoms with Crippen LogP contribution in [0.3, 0.4) is 0 Å². The van der Waals surface area contributed by atoms with Gasteiger partial charge in [-0.3, -0.25) is 0 Å². The minimum absolute atomic E-state index is 0.119. The standard InChI is InChI=1S/C11H21BrN2O2S/c12-9-10-5-1-2-6-11(10)13-17(15,16)14-7-3-4-8-14/h10-11,13H,1-9H2. The first-order chi connectivity index (χ1) is 8.13. The molecule has 17 heavy (non-hydrogen) atoms. The lowest BCUT2D eigenvalue weighted by Crippen LogP contribution is -2.48. The van der Waals surface area contributed by atoms with Crippen molar-refractivity contribution in [1.29, 1.82) is 0 Å². The summed E-state index contributed by atoms with van der Waals surface area (Å²) in [5.41, 5.74) is 0. The summed E-state index contributed by atoms with van der Waals surface area (Å²) in [6.45, 7) is 1.36. The van der Waals surface area contributed by atoms with Crippen LogP contribution in [-0.4, -0.2) is 37.2 Å². The molecule has 2 atom stereocenters. The van der Waals surface area contributed by atoms with Crippen LogP contribution < -0.4 is 4.72 Å². The third-order valence-electron chi connectivity index (χ3n) is 3.81. The lowest BCUT2D eigenvalue weighted by molar-refractivity contribution is 0.310. The van der Waals surface area contributed by atoms with Crippen LogP contribution >= 0.6 is 15.9 Å². The Labute approximate surface area is 112 Å². The predicted molar refractivity (Wildman–Crippen MR) is 72.4 cm³/mol. The summed E-state index contributed by atoms with van der Waals surface area (Å²) in [6.07, 6.45) is 6.44. The molecule has 2 aliphatic rings. The van der Waals surface area contributed by atoms with Crippen LogP contribution in [0.15, 0.2) is 0 Å². The quantitative estimate of drug-likeness (QED) is 0.802. The van der Waals surface area contributed by atoms with Crippen LogP contribution in [0.1, 0.15) is 38.5 Å². The van der Waals surface area contributed by atoms with Crippen LogP contribution in [0.2, 0.25) is 0 Å². The SMILES string of the molecule is O=S(=O)(NC1CCCCC1CBr)N1CCCC1. The van der Waals surface area contributed by atoms with Gasteiger partial charge >= 0.3 is 0 Å². The summed E-state index contributed by atoms with van der Waals surface area (Å²) in [5.74, 6) is 0.445. The Hall–Kier alpha value is 0.350. The first kappa shape index (κ1) is 13.8. The Morgan fingerprint density at radius 1 is 1.12 bits per heavy atom. The minimum atomic E-state index is -3.24. The fraction of sp³-hybridized carbons (Fsp3) is 1.00. The normalized spacial score (nSPS) is 31.8. The second-order valence-electron chi connectivity index (χ2n) is 5.03. The van der Waals surface area contributed by atoms with E-state index in [1.165, 1.54) is 6.42 Å². The van der Waals surface area contributed by atoms with Crippen LogP contribution in [0.25, 0.3) is 0 Å². The van der Waals surface area contributed by atoms with Gasteiger partial charge in [-0.1, -0.05) is 28.8 Å². The average molecular weight is 325 g/mol. The highest BCUT2D eigenvalue weighted by Crippen LogP contribution is 2.27. The summed E-state index contributed by atoms with van der Waals surface area (Å²) in [4.78, 5) is 0. The zero-order valence-corrected chi connectivity index (χ0v) is 12.5. The molecule has 100 valence electrons. The summed E-state index contributed by atoms with van der Waals surface area (Å²) in [5, 5.41) is 0.889. The maximum Gasteiger partial charge on any atom is 0.279 e. The van der Waals surface area contributed by atoms with Gasteiger partial charge in [-0.15, -0.1) is 0 Å². The van der Waals surface area contributed by atoms with Crippen molar-refractivity contribution < 1.29 is 8.42 Å². The average Bonchev–Trinajstić information content (AvgIpc) is 2.83. The van der Waals surface area contributed by atoms with Crippen molar-refractivity contribution in [3.05, 3.63) is 0 Å². The third-order valence-corrected chi connectivity index (χ3v) is 6.29. The number of nitrogens with zero attached hydrogens (tertiary/aromatic N) is 1. The Morgan fingerprint density at radius 2 is 1.76 bits per heavy atom. The summed E-state index contributed by atoms with van der Waals surface area (Å²) < 4.78 is 28.8. The first-order valence-electron chi connectivity index (χ1n) is 6.47. The van der Waals surface area contributed by atoms with Crippen molar-refractivity contribution in [2.45, 2.75) is 44.6 Å². The highest BCUT2D eigenvalue weighted by molar-refractivity contribution is 9.09. The Balaban J connectivity index is 1.98. The highest BCUT2D eigenvalue weighted by atomic mass is 79.9. The second-order valence-corrected chi connectivity index (χ2v) is 7.38. The molecule has 1 saturated heterocycles. The van der Waals surface area contributed by atoms with Crippen molar-refractivity contribution in [3.8, 4) is 0 Å². The van der Waals surface area contributed by atoms with E-state index in [0.29, 0.717) is 19.0 Å². The monoisotopic (exact) mass is 324 g/mol. The van der Waals surface area contributed by atoms with Crippen molar-refractivity contribution in [2.24, 2.45) is 5.92 Å². The third kappa shape index (κ3) is 3.43. The fourth-order valence-corrected chi connectivity index (χ4v) is 5.10. The molecular weight excluding hydrogens is 304 g/mol. The Morgan fingerprint density at radius 3 is 2.41 bits per heavy atom. The van der Waals surface area contributed by atoms with Gasteiger partial charge in [-0.25, -0.2) is 0 Å². The van der Waals surface area contributed by atoms with E-state index in [2.05, 4.69) is 20.7 Å². The molecule has 2 fully saturated rings. The van der Waals surface area contributed by atoms with E-state index in [9.17, 15) is 8.42 Å². The molecule has 1 aliphatic carbocycles. The van der Waals surface area contributed by atoms with Crippen molar-refractivity contribution >= 4 is 26.1 Å². The highest BCUT2D eigenvalue weighted by Gasteiger charge is 2.32. The maximum absolute atomic E-state index is 12.2. The molecule has 1 N–H and O–H groups in total. The zero-order chi connectivity index (χ0) is 12.3. The molecule has 0 bridgehead atoms. The molecule has 6 heteroatoms. The van der Waals surface area contributed by atoms with Gasteiger partial charge in [0.15, 0.2) is 0 Å². The predicted octanol–water partition coefficient (Wildman–Crippen LogP) is 1.87. The zero-order valence-electron chi connectivity index (χ0n) is 10.1. The molecule has 0 spiro atoms. The van der Waals surface area contributed by atoms with Gasteiger partial charge in [0, 0.05) is 24.5 Å². The molecule has 0 aromatic rings. The minimum Gasteiger partial charge on any atom is -0.199 e. The van der Waals surface area contributed by atoms with Gasteiger partial charge in [-0.2, -0.15) is 17.4 Å². The van der Waals surface area contributed by atoms with Gasteiger partial charge < -0.3 is 0 Å². The number of rotatable bonds is 4. The van der Waals surface area contributed by atoms with E-state index in [4.69, 9.17) is 0 Å². The van der Waals surface area contributed by atoms with Gasteiger partial charge in [0.1, 0.15) is 0 Å². The Bertz CT molecular complexity index is 341. The first-order valence-corrected chi connectivity index (χ1v) is 9.03. The van der Waals surface area contributed by atoms with E-state index in [1.54, 1.807) is 4.31 Å². The van der Waals surface area contributed by atoms with Crippen molar-refractivity contribution in [1.82, 2.24) is 9.03 Å². The van der Waals surface area contributed by atoms with E-state index < -0.39 is 10.2 Å². The van der Waals surface area contributed by atoms with E-state index >= 15 is 0 Å². The van der Waals surface area contributed by atoms with E-state index in [-0.39, 0.29) is 6.04 Å². The largest absolute Gasteiger partial charge is 0.279 e. The van der Waals surface area contributed by atoms with E-state index in [1.807, 2.05) is 0 Å². The number of halogens is 1. The summed E-state index contributed by atoms with van der Waals surface area (Å²) in [6, 6.07) is 0.119. The van der Waals surface area contributed by atoms with Crippen LogP contribution in [0, 0.1) is 5.92 Å². The molecule has 0 aromatic carbocycles. The maximum atomic E-state index is 12.2. The molecule has 0 radical (unpaired) electrons. The topological polar surface area (TPSA) is 49.4 Å². The van der Waals surface area contributed by atoms with Gasteiger partial charge in [0.25, 0.3) is 10.2 Å². The lowest BCUT2D eigenvalue weighted by atomic mass is 9.87. The van der Waals surface area contributed by atoms with Crippen LogP contribution in [-0.2, 0) is 10.2 Å². The Kier molecular flexibility index (Phi) is 4.86. The number of hydrogen-bond donors (Lipinski definition) is 1. The second kappa shape index (κ2) is 5.99. The van der Waals surface area contributed by atoms with Crippen molar-refractivity contribution in [2.75, 3.05) is 18.4 Å². The van der Waals surface area contributed by atoms with E-state index in [0.717, 1.165) is 37.4 Å². The summed E-state index contributed by atoms with van der Waals surface area (Å²) >= 11 is 3.49. The van der Waals surface area contributed by atoms with Crippen LogP contribution in [0.5, 0.6) is 0 Å². The number of nitrogens with one attached hydrogen (secondary N) is 1. The molecule has 2 unspecified atom stereocenters. The van der Waals surface area contributed by atoms with Crippen LogP contribution in [0.4, 0.5) is 0 Å². The molecule has 1 saturated carbocycles. The fourth-order valence-electron chi connectivity index (χ4n) is 2.74. The molecule has 1 heterocycles. The van der Waals surface area contributed by atoms with Gasteiger partial charge in [0.05, 0.1) is 0 Å². The van der Waals surface area contributed by atoms with Gasteiger partial charge in [0.2, 0.25) is 0 Å². The van der Waals surface area contributed by atoms with Gasteiger partial charge in [-0.05, 0) is 31.6 Å². The molecule has 0 aromatic heterocycles.